The molecular formula is C21H27Cl2NTi. The molecule has 0 radical (unpaired) electrons. The van der Waals surface area contributed by atoms with Gasteiger partial charge in [-0.1, -0.05) is 0 Å². The Balaban J connectivity index is 0.00000156. The van der Waals surface area contributed by atoms with Gasteiger partial charge in [0.2, 0.25) is 0 Å². The van der Waals surface area contributed by atoms with Gasteiger partial charge in [-0.25, -0.2) is 0 Å². The Morgan fingerprint density at radius 2 is 1.88 bits per heavy atom. The molecule has 1 aliphatic rings. The largest absolute Gasteiger partial charge is 0.147 e. The molecule has 2 aromatic rings. The molecule has 1 aliphatic carbocycles. The summed E-state index contributed by atoms with van der Waals surface area (Å²) >= 11 is -0.120. The SMILES string of the molecule is CCCC[NH][Ti][CH2]c1c(C2=CC(C)=CC2)ccc2ccccc12.Cl.Cl. The van der Waals surface area contributed by atoms with E-state index in [4.69, 9.17) is 0 Å². The van der Waals surface area contributed by atoms with Gasteiger partial charge < -0.3 is 0 Å². The van der Waals surface area contributed by atoms with E-state index in [1.54, 1.807) is 5.56 Å². The van der Waals surface area contributed by atoms with Crippen molar-refractivity contribution in [2.24, 2.45) is 0 Å². The summed E-state index contributed by atoms with van der Waals surface area (Å²) in [6, 6.07) is 13.5. The zero-order chi connectivity index (χ0) is 16.1. The van der Waals surface area contributed by atoms with Gasteiger partial charge in [0.05, 0.1) is 0 Å². The number of unbranched alkanes of at least 4 members (excludes halogenated alkanes) is 1. The fraction of sp³-hybridized carbons (Fsp3) is 0.333. The van der Waals surface area contributed by atoms with Gasteiger partial charge in [-0.15, -0.1) is 24.8 Å². The van der Waals surface area contributed by atoms with Crippen molar-refractivity contribution in [1.29, 1.82) is 0 Å². The van der Waals surface area contributed by atoms with Gasteiger partial charge in [0.1, 0.15) is 0 Å². The average molecular weight is 412 g/mol. The average Bonchev–Trinajstić information content (AvgIpc) is 3.01. The first-order valence-corrected chi connectivity index (χ1v) is 10.5. The van der Waals surface area contributed by atoms with Gasteiger partial charge in [-0.3, -0.25) is 0 Å². The molecule has 134 valence electrons. The zero-order valence-electron chi connectivity index (χ0n) is 15.0. The van der Waals surface area contributed by atoms with Crippen molar-refractivity contribution in [2.45, 2.75) is 37.8 Å². The Kier molecular flexibility index (Phi) is 10.1. The maximum absolute atomic E-state index is 3.72. The smallest absolute Gasteiger partial charge is 0.147 e. The third kappa shape index (κ3) is 5.71. The van der Waals surface area contributed by atoms with Crippen LogP contribution >= 0.6 is 24.8 Å². The summed E-state index contributed by atoms with van der Waals surface area (Å²) < 4.78 is 4.94. The zero-order valence-corrected chi connectivity index (χ0v) is 18.2. The standard InChI is InChI=1S/C17H15.C4H10N.2ClH.Ti/c1-12-7-8-15(11-12)17-10-9-14-5-3-4-6-16(14)13(17)2;1-2-3-4-5;;;/h3-7,9-11H,2,8H2,1H3;5H,2-4H2,1H3;2*1H;/q;-1;;;+1. The molecule has 0 bridgehead atoms. The minimum atomic E-state index is -0.120. The fourth-order valence-electron chi connectivity index (χ4n) is 3.18. The first-order chi connectivity index (χ1) is 11.3. The van der Waals surface area contributed by atoms with Crippen LogP contribution in [0.25, 0.3) is 16.3 Å². The summed E-state index contributed by atoms with van der Waals surface area (Å²) in [5, 5.41) is 2.81. The monoisotopic (exact) mass is 411 g/mol. The van der Waals surface area contributed by atoms with Crippen LogP contribution in [0, 0.1) is 0 Å². The van der Waals surface area contributed by atoms with Crippen LogP contribution in [0.3, 0.4) is 0 Å². The summed E-state index contributed by atoms with van der Waals surface area (Å²) in [5.41, 5.74) is 5.92. The third-order valence-corrected chi connectivity index (χ3v) is 6.09. The van der Waals surface area contributed by atoms with E-state index in [1.807, 2.05) is 0 Å². The molecule has 2 aromatic carbocycles. The molecule has 4 heteroatoms. The van der Waals surface area contributed by atoms with Gasteiger partial charge in [0.15, 0.2) is 0 Å². The van der Waals surface area contributed by atoms with Crippen molar-refractivity contribution in [3.63, 3.8) is 0 Å². The van der Waals surface area contributed by atoms with E-state index in [-0.39, 0.29) is 44.2 Å². The van der Waals surface area contributed by atoms with E-state index >= 15 is 0 Å². The van der Waals surface area contributed by atoms with E-state index in [1.165, 1.54) is 51.6 Å². The van der Waals surface area contributed by atoms with Crippen LogP contribution in [0.1, 0.15) is 44.2 Å². The third-order valence-electron chi connectivity index (χ3n) is 4.48. The van der Waals surface area contributed by atoms with Crippen LogP contribution in [-0.4, -0.2) is 6.54 Å². The molecule has 1 nitrogen and oxygen atoms in total. The maximum atomic E-state index is 3.72. The van der Waals surface area contributed by atoms with Crippen LogP contribution in [0.4, 0.5) is 0 Å². The number of fused-ring (bicyclic) bond motifs is 1. The number of hydrogen-bond acceptors (Lipinski definition) is 1. The van der Waals surface area contributed by atoms with Crippen LogP contribution in [-0.2, 0) is 24.1 Å². The minimum absolute atomic E-state index is 0. The van der Waals surface area contributed by atoms with E-state index in [2.05, 4.69) is 66.2 Å². The van der Waals surface area contributed by atoms with Crippen molar-refractivity contribution in [1.82, 2.24) is 3.80 Å². The van der Waals surface area contributed by atoms with Gasteiger partial charge in [-0.05, 0) is 0 Å². The molecule has 0 fully saturated rings. The fourth-order valence-corrected chi connectivity index (χ4v) is 4.80. The molecule has 0 amide bonds. The molecule has 0 spiro atoms. The van der Waals surface area contributed by atoms with Crippen LogP contribution < -0.4 is 3.80 Å². The van der Waals surface area contributed by atoms with E-state index in [0.29, 0.717) is 0 Å². The van der Waals surface area contributed by atoms with Crippen molar-refractivity contribution in [3.05, 3.63) is 65.3 Å². The Morgan fingerprint density at radius 1 is 1.08 bits per heavy atom. The van der Waals surface area contributed by atoms with Gasteiger partial charge in [0, 0.05) is 0 Å². The molecule has 0 heterocycles. The Bertz CT molecular complexity index is 753. The Morgan fingerprint density at radius 3 is 2.60 bits per heavy atom. The van der Waals surface area contributed by atoms with E-state index in [9.17, 15) is 0 Å². The van der Waals surface area contributed by atoms with Crippen molar-refractivity contribution in [2.75, 3.05) is 6.54 Å². The van der Waals surface area contributed by atoms with Gasteiger partial charge in [0.25, 0.3) is 0 Å². The summed E-state index contributed by atoms with van der Waals surface area (Å²) in [7, 11) is 0. The topological polar surface area (TPSA) is 12.0 Å². The van der Waals surface area contributed by atoms with Crippen LogP contribution in [0.15, 0.2) is 54.1 Å². The van der Waals surface area contributed by atoms with Crippen molar-refractivity contribution < 1.29 is 19.4 Å². The molecule has 3 rings (SSSR count). The molecule has 1 N–H and O–H groups in total. The van der Waals surface area contributed by atoms with Crippen LogP contribution in [0.2, 0.25) is 0 Å². The summed E-state index contributed by atoms with van der Waals surface area (Å²) in [4.78, 5) is 0. The van der Waals surface area contributed by atoms with Crippen LogP contribution in [0.5, 0.6) is 0 Å². The normalized spacial score (nSPS) is 12.9. The number of halogens is 2. The summed E-state index contributed by atoms with van der Waals surface area (Å²) in [6.45, 7) is 5.64. The second kappa shape index (κ2) is 11.2. The predicted octanol–water partition coefficient (Wildman–Crippen LogP) is 6.30. The van der Waals surface area contributed by atoms with Gasteiger partial charge >= 0.3 is 149 Å². The number of benzene rings is 2. The molecule has 0 unspecified atom stereocenters. The number of allylic oxidation sites excluding steroid dienone is 4. The second-order valence-electron chi connectivity index (χ2n) is 6.27. The summed E-state index contributed by atoms with van der Waals surface area (Å²) in [6.07, 6.45) is 8.35. The van der Waals surface area contributed by atoms with Crippen molar-refractivity contribution in [3.8, 4) is 0 Å². The molecule has 25 heavy (non-hydrogen) atoms. The predicted molar refractivity (Wildman–Crippen MR) is 111 cm³/mol. The molecule has 0 aliphatic heterocycles. The quantitative estimate of drug-likeness (QED) is 0.416. The Labute approximate surface area is 173 Å². The number of hydrogen-bond donors (Lipinski definition) is 1. The molecule has 0 saturated carbocycles. The van der Waals surface area contributed by atoms with E-state index in [0.717, 1.165) is 6.42 Å². The molecule has 0 atom stereocenters. The number of nitrogens with one attached hydrogen (secondary N) is 1. The van der Waals surface area contributed by atoms with Crippen molar-refractivity contribution >= 4 is 41.2 Å². The Hall–Kier alpha value is -0.566. The molecular weight excluding hydrogens is 385 g/mol. The maximum Gasteiger partial charge on any atom is -0.147 e. The first-order valence-electron chi connectivity index (χ1n) is 8.63. The van der Waals surface area contributed by atoms with E-state index < -0.39 is 0 Å². The minimum Gasteiger partial charge on any atom is -0.147 e. The summed E-state index contributed by atoms with van der Waals surface area (Å²) in [5.74, 6) is 0. The molecule has 0 saturated heterocycles. The first kappa shape index (κ1) is 22.5. The molecule has 0 aromatic heterocycles. The van der Waals surface area contributed by atoms with Gasteiger partial charge in [-0.2, -0.15) is 0 Å². The number of rotatable bonds is 7. The second-order valence-corrected chi connectivity index (χ2v) is 7.92.